The third-order valence-electron chi connectivity index (χ3n) is 3.35. The van der Waals surface area contributed by atoms with Crippen LogP contribution in [0.5, 0.6) is 0 Å². The van der Waals surface area contributed by atoms with Gasteiger partial charge >= 0.3 is 0 Å². The van der Waals surface area contributed by atoms with Crippen molar-refractivity contribution in [1.82, 2.24) is 9.55 Å². The molecule has 0 fully saturated rings. The molecule has 0 atom stereocenters. The third kappa shape index (κ3) is 2.30. The molecule has 2 aromatic carbocycles. The summed E-state index contributed by atoms with van der Waals surface area (Å²) in [5.41, 5.74) is 3.77. The summed E-state index contributed by atoms with van der Waals surface area (Å²) in [7, 11) is 0. The van der Waals surface area contributed by atoms with E-state index in [1.54, 1.807) is 6.07 Å². The summed E-state index contributed by atoms with van der Waals surface area (Å²) in [4.78, 5) is 4.43. The Bertz CT molecular complexity index is 764. The number of aromatic nitrogens is 2. The third-order valence-corrected chi connectivity index (χ3v) is 3.35. The van der Waals surface area contributed by atoms with Gasteiger partial charge in [0.1, 0.15) is 18.2 Å². The van der Waals surface area contributed by atoms with E-state index in [9.17, 15) is 9.50 Å². The highest BCUT2D eigenvalue weighted by Crippen LogP contribution is 2.19. The number of nitrogens with zero attached hydrogens (tertiary/aromatic N) is 2. The molecule has 0 saturated heterocycles. The maximum Gasteiger partial charge on any atom is 0.136 e. The molecule has 1 aromatic heterocycles. The van der Waals surface area contributed by atoms with Gasteiger partial charge in [0.15, 0.2) is 0 Å². The summed E-state index contributed by atoms with van der Waals surface area (Å²) >= 11 is 0. The van der Waals surface area contributed by atoms with Gasteiger partial charge < -0.3 is 9.67 Å². The quantitative estimate of drug-likeness (QED) is 0.794. The number of fused-ring (bicyclic) bond motifs is 1. The van der Waals surface area contributed by atoms with Crippen molar-refractivity contribution >= 4 is 11.0 Å². The highest BCUT2D eigenvalue weighted by Gasteiger charge is 2.10. The molecule has 3 aromatic rings. The zero-order valence-corrected chi connectivity index (χ0v) is 11.2. The lowest BCUT2D eigenvalue weighted by molar-refractivity contribution is 0.267. The molecule has 0 bridgehead atoms. The molecule has 0 aliphatic heterocycles. The van der Waals surface area contributed by atoms with Crippen molar-refractivity contribution in [2.24, 2.45) is 0 Å². The van der Waals surface area contributed by atoms with Crippen LogP contribution in [0.3, 0.4) is 0 Å². The average molecular weight is 270 g/mol. The van der Waals surface area contributed by atoms with Crippen molar-refractivity contribution in [1.29, 1.82) is 0 Å². The normalized spacial score (nSPS) is 11.2. The van der Waals surface area contributed by atoms with Crippen LogP contribution in [0.25, 0.3) is 11.0 Å². The molecule has 1 N–H and O–H groups in total. The second-order valence-electron chi connectivity index (χ2n) is 4.89. The fraction of sp³-hybridized carbons (Fsp3) is 0.188. The van der Waals surface area contributed by atoms with Gasteiger partial charge in [-0.15, -0.1) is 0 Å². The highest BCUT2D eigenvalue weighted by molar-refractivity contribution is 5.77. The van der Waals surface area contributed by atoms with Gasteiger partial charge in [0, 0.05) is 6.54 Å². The van der Waals surface area contributed by atoms with Gasteiger partial charge in [-0.1, -0.05) is 18.2 Å². The Morgan fingerprint density at radius 3 is 2.80 bits per heavy atom. The van der Waals surface area contributed by atoms with Crippen molar-refractivity contribution in [2.75, 3.05) is 0 Å². The summed E-state index contributed by atoms with van der Waals surface area (Å²) < 4.78 is 15.2. The van der Waals surface area contributed by atoms with Crippen molar-refractivity contribution < 1.29 is 9.50 Å². The van der Waals surface area contributed by atoms with Crippen molar-refractivity contribution in [2.45, 2.75) is 20.1 Å². The summed E-state index contributed by atoms with van der Waals surface area (Å²) in [5.74, 6) is 0.336. The molecule has 0 saturated carbocycles. The second kappa shape index (κ2) is 5.06. The molecular formula is C16H15FN2O. The fourth-order valence-corrected chi connectivity index (χ4v) is 2.40. The molecule has 0 aliphatic rings. The smallest absolute Gasteiger partial charge is 0.136 e. The highest BCUT2D eigenvalue weighted by atomic mass is 19.1. The monoisotopic (exact) mass is 270 g/mol. The van der Waals surface area contributed by atoms with E-state index < -0.39 is 0 Å². The first-order chi connectivity index (χ1) is 9.67. The number of benzene rings is 2. The van der Waals surface area contributed by atoms with E-state index in [1.165, 1.54) is 12.1 Å². The number of hydrogen-bond acceptors (Lipinski definition) is 2. The summed E-state index contributed by atoms with van der Waals surface area (Å²) in [6.07, 6.45) is 0. The molecule has 0 spiro atoms. The molecular weight excluding hydrogens is 255 g/mol. The predicted molar refractivity (Wildman–Crippen MR) is 75.9 cm³/mol. The van der Waals surface area contributed by atoms with Crippen LogP contribution in [0.2, 0.25) is 0 Å². The molecule has 0 aliphatic carbocycles. The Morgan fingerprint density at radius 1 is 1.20 bits per heavy atom. The van der Waals surface area contributed by atoms with Crippen molar-refractivity contribution in [3.05, 3.63) is 65.2 Å². The number of aryl methyl sites for hydroxylation is 1. The van der Waals surface area contributed by atoms with Crippen LogP contribution in [-0.4, -0.2) is 14.7 Å². The van der Waals surface area contributed by atoms with E-state index in [0.29, 0.717) is 12.4 Å². The van der Waals surface area contributed by atoms with Gasteiger partial charge in [-0.25, -0.2) is 9.37 Å². The SMILES string of the molecule is Cc1ccc2c(c1)nc(CO)n2Cc1cccc(F)c1. The predicted octanol–water partition coefficient (Wildman–Crippen LogP) is 3.02. The molecule has 0 radical (unpaired) electrons. The van der Waals surface area contributed by atoms with Gasteiger partial charge in [-0.05, 0) is 42.3 Å². The van der Waals surface area contributed by atoms with E-state index in [2.05, 4.69) is 4.98 Å². The molecule has 0 amide bonds. The first-order valence-corrected chi connectivity index (χ1v) is 6.48. The number of hydrogen-bond donors (Lipinski definition) is 1. The van der Waals surface area contributed by atoms with Crippen LogP contribution < -0.4 is 0 Å². The summed E-state index contributed by atoms with van der Waals surface area (Å²) in [5, 5.41) is 9.46. The molecule has 3 nitrogen and oxygen atoms in total. The molecule has 20 heavy (non-hydrogen) atoms. The standard InChI is InChI=1S/C16H15FN2O/c1-11-5-6-15-14(7-11)18-16(10-20)19(15)9-12-3-2-4-13(17)8-12/h2-8,20H,9-10H2,1H3. The van der Waals surface area contributed by atoms with Crippen molar-refractivity contribution in [3.8, 4) is 0 Å². The number of imidazole rings is 1. The Kier molecular flexibility index (Phi) is 3.24. The van der Waals surface area contributed by atoms with Gasteiger partial charge in [0.05, 0.1) is 11.0 Å². The largest absolute Gasteiger partial charge is 0.388 e. The molecule has 102 valence electrons. The van der Waals surface area contributed by atoms with E-state index in [1.807, 2.05) is 35.8 Å². The van der Waals surface area contributed by atoms with E-state index >= 15 is 0 Å². The number of aliphatic hydroxyl groups excluding tert-OH is 1. The van der Waals surface area contributed by atoms with Crippen LogP contribution in [0, 0.1) is 12.7 Å². The number of aliphatic hydroxyl groups is 1. The number of rotatable bonds is 3. The van der Waals surface area contributed by atoms with E-state index in [4.69, 9.17) is 0 Å². The summed E-state index contributed by atoms with van der Waals surface area (Å²) in [6, 6.07) is 12.4. The van der Waals surface area contributed by atoms with Crippen molar-refractivity contribution in [3.63, 3.8) is 0 Å². The van der Waals surface area contributed by atoms with Gasteiger partial charge in [0.25, 0.3) is 0 Å². The molecule has 1 heterocycles. The minimum Gasteiger partial charge on any atom is -0.388 e. The van der Waals surface area contributed by atoms with Gasteiger partial charge in [0.2, 0.25) is 0 Å². The minimum absolute atomic E-state index is 0.136. The number of halogens is 1. The topological polar surface area (TPSA) is 38.1 Å². The first-order valence-electron chi connectivity index (χ1n) is 6.48. The molecule has 4 heteroatoms. The second-order valence-corrected chi connectivity index (χ2v) is 4.89. The molecule has 3 rings (SSSR count). The van der Waals surface area contributed by atoms with Crippen LogP contribution in [-0.2, 0) is 13.2 Å². The minimum atomic E-state index is -0.256. The molecule has 0 unspecified atom stereocenters. The lowest BCUT2D eigenvalue weighted by Crippen LogP contribution is -2.05. The van der Waals surface area contributed by atoms with Crippen LogP contribution >= 0.6 is 0 Å². The van der Waals surface area contributed by atoms with Gasteiger partial charge in [-0.2, -0.15) is 0 Å². The lowest BCUT2D eigenvalue weighted by atomic mass is 10.2. The Labute approximate surface area is 116 Å². The van der Waals surface area contributed by atoms with E-state index in [-0.39, 0.29) is 12.4 Å². The maximum absolute atomic E-state index is 13.3. The maximum atomic E-state index is 13.3. The Morgan fingerprint density at radius 2 is 2.05 bits per heavy atom. The van der Waals surface area contributed by atoms with E-state index in [0.717, 1.165) is 22.2 Å². The van der Waals surface area contributed by atoms with Crippen LogP contribution in [0.4, 0.5) is 4.39 Å². The Hall–Kier alpha value is -2.20. The summed E-state index contributed by atoms with van der Waals surface area (Å²) in [6.45, 7) is 2.36. The van der Waals surface area contributed by atoms with Gasteiger partial charge in [-0.3, -0.25) is 0 Å². The fourth-order valence-electron chi connectivity index (χ4n) is 2.40. The Balaban J connectivity index is 2.10. The zero-order valence-electron chi connectivity index (χ0n) is 11.2. The van der Waals surface area contributed by atoms with Crippen LogP contribution in [0.15, 0.2) is 42.5 Å². The first kappa shape index (κ1) is 12.8. The zero-order chi connectivity index (χ0) is 14.1. The lowest BCUT2D eigenvalue weighted by Gasteiger charge is -2.08. The van der Waals surface area contributed by atoms with Crippen LogP contribution in [0.1, 0.15) is 17.0 Å². The average Bonchev–Trinajstić information content (AvgIpc) is 2.76.